The Hall–Kier alpha value is -2.76. The fourth-order valence-electron chi connectivity index (χ4n) is 2.24. The predicted molar refractivity (Wildman–Crippen MR) is 85.4 cm³/mol. The molecule has 0 aliphatic heterocycles. The molecule has 0 radical (unpaired) electrons. The summed E-state index contributed by atoms with van der Waals surface area (Å²) in [5, 5.41) is 2.23. The molecule has 0 aromatic heterocycles. The Kier molecular flexibility index (Phi) is 6.01. The lowest BCUT2D eigenvalue weighted by molar-refractivity contribution is -0.149. The number of halogens is 2. The van der Waals surface area contributed by atoms with Gasteiger partial charge in [-0.3, -0.25) is 9.59 Å². The molecule has 126 valence electrons. The van der Waals surface area contributed by atoms with Gasteiger partial charge in [-0.05, 0) is 24.1 Å². The quantitative estimate of drug-likeness (QED) is 0.821. The number of anilines is 1. The van der Waals surface area contributed by atoms with Crippen LogP contribution in [-0.2, 0) is 14.3 Å². The van der Waals surface area contributed by atoms with E-state index in [4.69, 9.17) is 4.74 Å². The number of hydrogen-bond acceptors (Lipinski definition) is 3. The second-order valence-electron chi connectivity index (χ2n) is 5.15. The van der Waals surface area contributed by atoms with Crippen LogP contribution in [0.5, 0.6) is 0 Å². The van der Waals surface area contributed by atoms with Crippen molar-refractivity contribution in [3.05, 3.63) is 65.7 Å². The zero-order valence-corrected chi connectivity index (χ0v) is 13.1. The van der Waals surface area contributed by atoms with Crippen molar-refractivity contribution in [3.8, 4) is 0 Å². The minimum absolute atomic E-state index is 0.174. The number of hydrogen-bond donors (Lipinski definition) is 1. The highest BCUT2D eigenvalue weighted by atomic mass is 19.1. The summed E-state index contributed by atoms with van der Waals surface area (Å²) in [6.07, 6.45) is 0.525. The van der Waals surface area contributed by atoms with Crippen LogP contribution < -0.4 is 5.32 Å². The molecule has 24 heavy (non-hydrogen) atoms. The van der Waals surface area contributed by atoms with Crippen LogP contribution in [0.4, 0.5) is 14.5 Å². The molecule has 1 unspecified atom stereocenters. The Morgan fingerprint density at radius 2 is 1.83 bits per heavy atom. The van der Waals surface area contributed by atoms with E-state index in [1.54, 1.807) is 0 Å². The molecule has 1 N–H and O–H groups in total. The van der Waals surface area contributed by atoms with E-state index < -0.39 is 36.0 Å². The molecule has 4 nitrogen and oxygen atoms in total. The molecule has 1 atom stereocenters. The largest absolute Gasteiger partial charge is 0.455 e. The number of rotatable bonds is 6. The molecule has 0 fully saturated rings. The van der Waals surface area contributed by atoms with Crippen LogP contribution in [0.3, 0.4) is 0 Å². The van der Waals surface area contributed by atoms with Gasteiger partial charge in [0.1, 0.15) is 11.6 Å². The Morgan fingerprint density at radius 1 is 1.12 bits per heavy atom. The molecule has 0 aliphatic carbocycles. The lowest BCUT2D eigenvalue weighted by Gasteiger charge is -2.14. The van der Waals surface area contributed by atoms with Crippen molar-refractivity contribution in [2.24, 2.45) is 0 Å². The number of benzene rings is 2. The Bertz CT molecular complexity index is 719. The molecular weight excluding hydrogens is 316 g/mol. The minimum Gasteiger partial charge on any atom is -0.455 e. The van der Waals surface area contributed by atoms with Crippen molar-refractivity contribution in [1.82, 2.24) is 0 Å². The number of ether oxygens (including phenoxy) is 1. The smallest absolute Gasteiger partial charge is 0.313 e. The van der Waals surface area contributed by atoms with Gasteiger partial charge in [0.2, 0.25) is 0 Å². The molecule has 6 heteroatoms. The molecule has 0 bridgehead atoms. The van der Waals surface area contributed by atoms with Crippen LogP contribution in [0, 0.1) is 11.6 Å². The molecule has 0 spiro atoms. The lowest BCUT2D eigenvalue weighted by Crippen LogP contribution is -2.24. The second kappa shape index (κ2) is 8.19. The van der Waals surface area contributed by atoms with Crippen LogP contribution in [0.25, 0.3) is 0 Å². The van der Waals surface area contributed by atoms with E-state index >= 15 is 0 Å². The van der Waals surface area contributed by atoms with Gasteiger partial charge in [0.25, 0.3) is 5.91 Å². The van der Waals surface area contributed by atoms with E-state index in [1.807, 2.05) is 37.3 Å². The van der Waals surface area contributed by atoms with Crippen LogP contribution in [-0.4, -0.2) is 18.5 Å². The van der Waals surface area contributed by atoms with Gasteiger partial charge in [-0.2, -0.15) is 0 Å². The first-order valence-electron chi connectivity index (χ1n) is 7.47. The van der Waals surface area contributed by atoms with Crippen molar-refractivity contribution in [2.45, 2.75) is 19.3 Å². The highest BCUT2D eigenvalue weighted by Gasteiger charge is 2.21. The van der Waals surface area contributed by atoms with E-state index in [1.165, 1.54) is 0 Å². The monoisotopic (exact) mass is 333 g/mol. The van der Waals surface area contributed by atoms with E-state index in [2.05, 4.69) is 5.32 Å². The molecule has 1 amide bonds. The van der Waals surface area contributed by atoms with Gasteiger partial charge in [-0.15, -0.1) is 0 Å². The molecule has 2 aromatic rings. The first-order chi connectivity index (χ1) is 11.5. The van der Waals surface area contributed by atoms with Crippen LogP contribution in [0.1, 0.15) is 24.8 Å². The van der Waals surface area contributed by atoms with Crippen LogP contribution in [0.15, 0.2) is 48.5 Å². The van der Waals surface area contributed by atoms with Gasteiger partial charge in [0.15, 0.2) is 6.61 Å². The Balaban J connectivity index is 1.92. The molecule has 0 saturated heterocycles. The molecular formula is C18H17F2NO3. The van der Waals surface area contributed by atoms with Crippen LogP contribution >= 0.6 is 0 Å². The van der Waals surface area contributed by atoms with Gasteiger partial charge >= 0.3 is 5.97 Å². The first kappa shape index (κ1) is 17.6. The summed E-state index contributed by atoms with van der Waals surface area (Å²) in [6, 6.07) is 11.9. The van der Waals surface area contributed by atoms with Gasteiger partial charge in [0, 0.05) is 6.07 Å². The van der Waals surface area contributed by atoms with Gasteiger partial charge in [-0.1, -0.05) is 37.3 Å². The maximum Gasteiger partial charge on any atom is 0.313 e. The van der Waals surface area contributed by atoms with Gasteiger partial charge in [-0.25, -0.2) is 8.78 Å². The van der Waals surface area contributed by atoms with E-state index in [0.717, 1.165) is 17.7 Å². The number of esters is 1. The molecule has 0 heterocycles. The SMILES string of the molecule is CCC(C(=O)OCC(=O)Nc1ccc(F)cc1F)c1ccccc1. The second-order valence-corrected chi connectivity index (χ2v) is 5.15. The Labute approximate surface area is 138 Å². The van der Waals surface area contributed by atoms with Crippen LogP contribution in [0.2, 0.25) is 0 Å². The van der Waals surface area contributed by atoms with Crippen molar-refractivity contribution in [3.63, 3.8) is 0 Å². The molecule has 2 aromatic carbocycles. The van der Waals surface area contributed by atoms with E-state index in [9.17, 15) is 18.4 Å². The normalized spacial score (nSPS) is 11.6. The number of nitrogens with one attached hydrogen (secondary N) is 1. The zero-order valence-electron chi connectivity index (χ0n) is 13.1. The number of carbonyl (C=O) groups excluding carboxylic acids is 2. The number of amides is 1. The molecule has 0 aliphatic rings. The third-order valence-electron chi connectivity index (χ3n) is 3.45. The summed E-state index contributed by atoms with van der Waals surface area (Å²) >= 11 is 0. The van der Waals surface area contributed by atoms with Crippen molar-refractivity contribution >= 4 is 17.6 Å². The van der Waals surface area contributed by atoms with Crippen molar-refractivity contribution < 1.29 is 23.1 Å². The van der Waals surface area contributed by atoms with Crippen molar-refractivity contribution in [1.29, 1.82) is 0 Å². The summed E-state index contributed by atoms with van der Waals surface area (Å²) in [5.74, 6) is -3.34. The summed E-state index contributed by atoms with van der Waals surface area (Å²) in [4.78, 5) is 23.9. The highest BCUT2D eigenvalue weighted by Crippen LogP contribution is 2.21. The predicted octanol–water partition coefficient (Wildman–Crippen LogP) is 3.64. The molecule has 2 rings (SSSR count). The maximum atomic E-state index is 13.5. The summed E-state index contributed by atoms with van der Waals surface area (Å²) in [5.41, 5.74) is 0.627. The summed E-state index contributed by atoms with van der Waals surface area (Å²) < 4.78 is 31.3. The average Bonchev–Trinajstić information content (AvgIpc) is 2.57. The fraction of sp³-hybridized carbons (Fsp3) is 0.222. The molecule has 0 saturated carbocycles. The highest BCUT2D eigenvalue weighted by molar-refractivity contribution is 5.93. The summed E-state index contributed by atoms with van der Waals surface area (Å²) in [6.45, 7) is 1.30. The van der Waals surface area contributed by atoms with Gasteiger partial charge in [0.05, 0.1) is 11.6 Å². The maximum absolute atomic E-state index is 13.5. The third kappa shape index (κ3) is 4.62. The number of carbonyl (C=O) groups is 2. The Morgan fingerprint density at radius 3 is 2.46 bits per heavy atom. The average molecular weight is 333 g/mol. The zero-order chi connectivity index (χ0) is 17.5. The summed E-state index contributed by atoms with van der Waals surface area (Å²) in [7, 11) is 0. The lowest BCUT2D eigenvalue weighted by atomic mass is 9.97. The standard InChI is InChI=1S/C18H17F2NO3/c1-2-14(12-6-4-3-5-7-12)18(23)24-11-17(22)21-16-9-8-13(19)10-15(16)20/h3-10,14H,2,11H2,1H3,(H,21,22). The van der Waals surface area contributed by atoms with E-state index in [0.29, 0.717) is 12.5 Å². The van der Waals surface area contributed by atoms with E-state index in [-0.39, 0.29) is 5.69 Å². The van der Waals surface area contributed by atoms with Gasteiger partial charge < -0.3 is 10.1 Å². The topological polar surface area (TPSA) is 55.4 Å². The first-order valence-corrected chi connectivity index (χ1v) is 7.47. The third-order valence-corrected chi connectivity index (χ3v) is 3.45. The minimum atomic E-state index is -0.898. The van der Waals surface area contributed by atoms with Crippen molar-refractivity contribution in [2.75, 3.05) is 11.9 Å². The fourth-order valence-corrected chi connectivity index (χ4v) is 2.24.